The van der Waals surface area contributed by atoms with Crippen molar-refractivity contribution in [2.75, 3.05) is 43.7 Å². The van der Waals surface area contributed by atoms with Gasteiger partial charge in [-0.25, -0.2) is 0 Å². The second kappa shape index (κ2) is 12.1. The first-order valence-electron chi connectivity index (χ1n) is 13.5. The molecule has 34 heavy (non-hydrogen) atoms. The van der Waals surface area contributed by atoms with Gasteiger partial charge in [0.15, 0.2) is 0 Å². The van der Waals surface area contributed by atoms with Gasteiger partial charge < -0.3 is 14.7 Å². The van der Waals surface area contributed by atoms with Crippen molar-refractivity contribution in [3.05, 3.63) is 57.6 Å². The summed E-state index contributed by atoms with van der Waals surface area (Å²) >= 11 is 0. The van der Waals surface area contributed by atoms with Crippen molar-refractivity contribution in [1.82, 2.24) is 4.90 Å². The standard InChI is InChI=1S/C31H49N3/c1-23-17-25(3)30(26(4)18-23)33-21-29(15-13-11-9-10-12-14-16-32(7)8)34(22-33)31-27(5)19-24(2)20-28(31)6/h17-20,29H,9-16,21-22H2,1-8H3. The third kappa shape index (κ3) is 6.78. The predicted octanol–water partition coefficient (Wildman–Crippen LogP) is 7.48. The zero-order chi connectivity index (χ0) is 24.8. The van der Waals surface area contributed by atoms with Gasteiger partial charge in [0, 0.05) is 24.0 Å². The Bertz CT molecular complexity index is 900. The van der Waals surface area contributed by atoms with Gasteiger partial charge >= 0.3 is 0 Å². The summed E-state index contributed by atoms with van der Waals surface area (Å²) < 4.78 is 0. The topological polar surface area (TPSA) is 9.72 Å². The molecule has 1 atom stereocenters. The van der Waals surface area contributed by atoms with Crippen molar-refractivity contribution in [1.29, 1.82) is 0 Å². The van der Waals surface area contributed by atoms with Crippen molar-refractivity contribution in [3.8, 4) is 0 Å². The molecular formula is C31H49N3. The molecule has 1 heterocycles. The van der Waals surface area contributed by atoms with E-state index < -0.39 is 0 Å². The largest absolute Gasteiger partial charge is 0.351 e. The number of nitrogens with zero attached hydrogens (tertiary/aromatic N) is 3. The molecule has 2 aromatic carbocycles. The summed E-state index contributed by atoms with van der Waals surface area (Å²) in [6.07, 6.45) is 9.44. The molecule has 0 N–H and O–H groups in total. The molecular weight excluding hydrogens is 414 g/mol. The Hall–Kier alpha value is -2.00. The molecule has 188 valence electrons. The lowest BCUT2D eigenvalue weighted by Gasteiger charge is -2.29. The number of hydrogen-bond donors (Lipinski definition) is 0. The van der Waals surface area contributed by atoms with Gasteiger partial charge in [-0.15, -0.1) is 0 Å². The molecule has 0 amide bonds. The molecule has 1 saturated heterocycles. The van der Waals surface area contributed by atoms with E-state index in [-0.39, 0.29) is 0 Å². The number of anilines is 2. The molecule has 1 fully saturated rings. The first-order chi connectivity index (χ1) is 16.2. The lowest BCUT2D eigenvalue weighted by Crippen LogP contribution is -2.32. The van der Waals surface area contributed by atoms with Crippen LogP contribution in [0.1, 0.15) is 78.3 Å². The van der Waals surface area contributed by atoms with Gasteiger partial charge in [-0.2, -0.15) is 0 Å². The highest BCUT2D eigenvalue weighted by Gasteiger charge is 2.33. The number of unbranched alkanes of at least 4 members (excludes halogenated alkanes) is 5. The van der Waals surface area contributed by atoms with E-state index in [9.17, 15) is 0 Å². The minimum atomic E-state index is 0.578. The van der Waals surface area contributed by atoms with Crippen LogP contribution in [0.15, 0.2) is 24.3 Å². The van der Waals surface area contributed by atoms with Gasteiger partial charge in [0.1, 0.15) is 0 Å². The molecule has 1 aliphatic heterocycles. The van der Waals surface area contributed by atoms with E-state index in [1.54, 1.807) is 0 Å². The Morgan fingerprint density at radius 2 is 1.15 bits per heavy atom. The summed E-state index contributed by atoms with van der Waals surface area (Å²) in [4.78, 5) is 7.67. The monoisotopic (exact) mass is 463 g/mol. The average molecular weight is 464 g/mol. The van der Waals surface area contributed by atoms with Gasteiger partial charge in [-0.05, 0) is 97.3 Å². The third-order valence-corrected chi connectivity index (χ3v) is 7.46. The van der Waals surface area contributed by atoms with Crippen LogP contribution in [0.2, 0.25) is 0 Å². The molecule has 0 aromatic heterocycles. The van der Waals surface area contributed by atoms with Crippen LogP contribution in [0.25, 0.3) is 0 Å². The third-order valence-electron chi connectivity index (χ3n) is 7.46. The van der Waals surface area contributed by atoms with Crippen LogP contribution in [-0.2, 0) is 0 Å². The highest BCUT2D eigenvalue weighted by molar-refractivity contribution is 5.67. The van der Waals surface area contributed by atoms with Crippen molar-refractivity contribution in [2.24, 2.45) is 0 Å². The van der Waals surface area contributed by atoms with Crippen LogP contribution in [-0.4, -0.2) is 44.8 Å². The maximum absolute atomic E-state index is 2.72. The SMILES string of the molecule is Cc1cc(C)c(N2CC(CCCCCCCCN(C)C)N(c3c(C)cc(C)cc3C)C2)c(C)c1. The fourth-order valence-electron chi connectivity index (χ4n) is 6.18. The molecule has 0 aliphatic carbocycles. The highest BCUT2D eigenvalue weighted by atomic mass is 15.4. The van der Waals surface area contributed by atoms with E-state index in [1.165, 1.54) is 96.2 Å². The van der Waals surface area contributed by atoms with E-state index in [0.29, 0.717) is 6.04 Å². The van der Waals surface area contributed by atoms with Crippen molar-refractivity contribution in [3.63, 3.8) is 0 Å². The lowest BCUT2D eigenvalue weighted by molar-refractivity contribution is 0.389. The minimum Gasteiger partial charge on any atom is -0.351 e. The molecule has 0 radical (unpaired) electrons. The summed E-state index contributed by atoms with van der Waals surface area (Å²) in [5.74, 6) is 0. The van der Waals surface area contributed by atoms with Crippen LogP contribution in [0, 0.1) is 41.5 Å². The number of aryl methyl sites for hydroxylation is 6. The second-order valence-corrected chi connectivity index (χ2v) is 11.2. The average Bonchev–Trinajstić information content (AvgIpc) is 3.11. The van der Waals surface area contributed by atoms with Crippen LogP contribution in [0.5, 0.6) is 0 Å². The smallest absolute Gasteiger partial charge is 0.0907 e. The van der Waals surface area contributed by atoms with Crippen molar-refractivity contribution >= 4 is 11.4 Å². The second-order valence-electron chi connectivity index (χ2n) is 11.2. The van der Waals surface area contributed by atoms with E-state index in [2.05, 4.69) is 94.6 Å². The van der Waals surface area contributed by atoms with Gasteiger partial charge in [0.2, 0.25) is 0 Å². The number of hydrogen-bond acceptors (Lipinski definition) is 3. The Balaban J connectivity index is 1.71. The molecule has 3 nitrogen and oxygen atoms in total. The summed E-state index contributed by atoms with van der Waals surface area (Å²) in [6.45, 7) is 16.9. The summed E-state index contributed by atoms with van der Waals surface area (Å²) in [6, 6.07) is 9.99. The number of rotatable bonds is 11. The molecule has 1 unspecified atom stereocenters. The molecule has 3 rings (SSSR count). The zero-order valence-corrected chi connectivity index (χ0v) is 23.3. The fraction of sp³-hybridized carbons (Fsp3) is 0.613. The Morgan fingerprint density at radius 1 is 0.676 bits per heavy atom. The van der Waals surface area contributed by atoms with Crippen LogP contribution in [0.3, 0.4) is 0 Å². The first kappa shape index (κ1) is 26.6. The van der Waals surface area contributed by atoms with Crippen LogP contribution in [0.4, 0.5) is 11.4 Å². The maximum Gasteiger partial charge on any atom is 0.0907 e. The molecule has 2 aromatic rings. The molecule has 0 bridgehead atoms. The summed E-state index contributed by atoms with van der Waals surface area (Å²) in [7, 11) is 4.35. The molecule has 0 spiro atoms. The van der Waals surface area contributed by atoms with E-state index in [4.69, 9.17) is 0 Å². The van der Waals surface area contributed by atoms with E-state index in [0.717, 1.165) is 13.2 Å². The Labute approximate surface area is 210 Å². The van der Waals surface area contributed by atoms with Crippen LogP contribution >= 0.6 is 0 Å². The van der Waals surface area contributed by atoms with E-state index >= 15 is 0 Å². The number of benzene rings is 2. The fourth-order valence-corrected chi connectivity index (χ4v) is 6.18. The minimum absolute atomic E-state index is 0.578. The first-order valence-corrected chi connectivity index (χ1v) is 13.5. The molecule has 3 heteroatoms. The van der Waals surface area contributed by atoms with Crippen molar-refractivity contribution < 1.29 is 0 Å². The Kier molecular flexibility index (Phi) is 9.47. The predicted molar refractivity (Wildman–Crippen MR) is 151 cm³/mol. The summed E-state index contributed by atoms with van der Waals surface area (Å²) in [5.41, 5.74) is 11.3. The molecule has 0 saturated carbocycles. The highest BCUT2D eigenvalue weighted by Crippen LogP contribution is 2.36. The zero-order valence-electron chi connectivity index (χ0n) is 23.3. The normalized spacial score (nSPS) is 16.2. The van der Waals surface area contributed by atoms with Gasteiger partial charge in [-0.3, -0.25) is 0 Å². The van der Waals surface area contributed by atoms with Crippen molar-refractivity contribution in [2.45, 2.75) is 92.5 Å². The molecule has 1 aliphatic rings. The quantitative estimate of drug-likeness (QED) is 0.320. The summed E-state index contributed by atoms with van der Waals surface area (Å²) in [5, 5.41) is 0. The maximum atomic E-state index is 2.72. The van der Waals surface area contributed by atoms with Crippen LogP contribution < -0.4 is 9.80 Å². The van der Waals surface area contributed by atoms with Gasteiger partial charge in [0.25, 0.3) is 0 Å². The van der Waals surface area contributed by atoms with Gasteiger partial charge in [0.05, 0.1) is 6.67 Å². The van der Waals surface area contributed by atoms with E-state index in [1.807, 2.05) is 0 Å². The Morgan fingerprint density at radius 3 is 1.68 bits per heavy atom. The van der Waals surface area contributed by atoms with Gasteiger partial charge in [-0.1, -0.05) is 67.5 Å². The lowest BCUT2D eigenvalue weighted by atomic mass is 10.0.